The molecule has 1 aliphatic rings. The van der Waals surface area contributed by atoms with Crippen molar-refractivity contribution in [1.29, 1.82) is 5.41 Å². The van der Waals surface area contributed by atoms with Crippen LogP contribution in [0.3, 0.4) is 0 Å². The van der Waals surface area contributed by atoms with Gasteiger partial charge in [-0.25, -0.2) is 0 Å². The molecule has 2 atom stereocenters. The van der Waals surface area contributed by atoms with E-state index < -0.39 is 0 Å². The summed E-state index contributed by atoms with van der Waals surface area (Å²) in [5.74, 6) is 0.805. The second-order valence-corrected chi connectivity index (χ2v) is 4.99. The van der Waals surface area contributed by atoms with Crippen LogP contribution in [0.5, 0.6) is 0 Å². The highest BCUT2D eigenvalue weighted by Gasteiger charge is 2.25. The van der Waals surface area contributed by atoms with Crippen LogP contribution in [0.4, 0.5) is 5.69 Å². The van der Waals surface area contributed by atoms with Crippen LogP contribution < -0.4 is 10.6 Å². The molecule has 0 aromatic carbocycles. The van der Waals surface area contributed by atoms with Crippen molar-refractivity contribution in [2.24, 2.45) is 11.7 Å². The van der Waals surface area contributed by atoms with E-state index in [9.17, 15) is 0 Å². The van der Waals surface area contributed by atoms with Crippen LogP contribution >= 0.6 is 0 Å². The second-order valence-electron chi connectivity index (χ2n) is 4.99. The van der Waals surface area contributed by atoms with Gasteiger partial charge in [-0.15, -0.1) is 0 Å². The van der Waals surface area contributed by atoms with Crippen LogP contribution in [0.15, 0.2) is 18.5 Å². The molecule has 0 spiro atoms. The molecular weight excluding hydrogens is 212 g/mol. The number of hydrogen-bond acceptors (Lipinski definition) is 3. The SMILES string of the molecule is CC1CCC(C)N(c2cnccc2C(=N)N)C1. The Balaban J connectivity index is 2.35. The Labute approximate surface area is 102 Å². The molecule has 92 valence electrons. The fourth-order valence-electron chi connectivity index (χ4n) is 2.47. The first-order valence-electron chi connectivity index (χ1n) is 6.14. The molecule has 1 aliphatic heterocycles. The topological polar surface area (TPSA) is 66.0 Å². The number of rotatable bonds is 2. The number of nitrogens with one attached hydrogen (secondary N) is 1. The molecule has 2 heterocycles. The maximum atomic E-state index is 7.63. The molecule has 1 fully saturated rings. The number of pyridine rings is 1. The third-order valence-corrected chi connectivity index (χ3v) is 3.52. The van der Waals surface area contributed by atoms with Gasteiger partial charge in [0.25, 0.3) is 0 Å². The first kappa shape index (κ1) is 11.9. The van der Waals surface area contributed by atoms with Gasteiger partial charge in [-0.05, 0) is 31.7 Å². The van der Waals surface area contributed by atoms with Crippen LogP contribution in [-0.2, 0) is 0 Å². The van der Waals surface area contributed by atoms with Crippen molar-refractivity contribution in [3.8, 4) is 0 Å². The molecule has 0 saturated carbocycles. The van der Waals surface area contributed by atoms with Crippen molar-refractivity contribution >= 4 is 11.5 Å². The van der Waals surface area contributed by atoms with Gasteiger partial charge in [0.15, 0.2) is 0 Å². The summed E-state index contributed by atoms with van der Waals surface area (Å²) in [5, 5.41) is 7.63. The molecule has 1 saturated heterocycles. The maximum Gasteiger partial charge on any atom is 0.125 e. The van der Waals surface area contributed by atoms with Crippen LogP contribution in [0.2, 0.25) is 0 Å². The minimum atomic E-state index is 0.118. The highest BCUT2D eigenvalue weighted by molar-refractivity contribution is 6.00. The lowest BCUT2D eigenvalue weighted by atomic mass is 9.94. The Morgan fingerprint density at radius 2 is 2.24 bits per heavy atom. The molecule has 0 aliphatic carbocycles. The van der Waals surface area contributed by atoms with Crippen molar-refractivity contribution in [3.63, 3.8) is 0 Å². The predicted octanol–water partition coefficient (Wildman–Crippen LogP) is 1.99. The number of amidine groups is 1. The standard InChI is InChI=1S/C13H20N4/c1-9-3-4-10(2)17(8-9)12-7-16-6-5-11(12)13(14)15/h5-7,9-10H,3-4,8H2,1-2H3,(H3,14,15). The predicted molar refractivity (Wildman–Crippen MR) is 70.5 cm³/mol. The lowest BCUT2D eigenvalue weighted by Crippen LogP contribution is -2.42. The summed E-state index contributed by atoms with van der Waals surface area (Å²) in [6.07, 6.45) is 5.98. The summed E-state index contributed by atoms with van der Waals surface area (Å²) >= 11 is 0. The lowest BCUT2D eigenvalue weighted by molar-refractivity contribution is 0.390. The zero-order valence-electron chi connectivity index (χ0n) is 10.5. The summed E-state index contributed by atoms with van der Waals surface area (Å²) in [5.41, 5.74) is 7.42. The minimum absolute atomic E-state index is 0.118. The first-order valence-corrected chi connectivity index (χ1v) is 6.14. The summed E-state index contributed by atoms with van der Waals surface area (Å²) in [4.78, 5) is 6.50. The van der Waals surface area contributed by atoms with E-state index in [-0.39, 0.29) is 5.84 Å². The molecule has 2 unspecified atom stereocenters. The molecule has 0 radical (unpaired) electrons. The molecule has 17 heavy (non-hydrogen) atoms. The Hall–Kier alpha value is -1.58. The summed E-state index contributed by atoms with van der Waals surface area (Å²) in [6, 6.07) is 2.32. The van der Waals surface area contributed by atoms with Crippen molar-refractivity contribution < 1.29 is 0 Å². The van der Waals surface area contributed by atoms with Crippen LogP contribution in [-0.4, -0.2) is 23.4 Å². The van der Waals surface area contributed by atoms with Gasteiger partial charge in [-0.2, -0.15) is 0 Å². The molecule has 0 bridgehead atoms. The van der Waals surface area contributed by atoms with Gasteiger partial charge in [-0.3, -0.25) is 10.4 Å². The maximum absolute atomic E-state index is 7.63. The number of nitrogens with zero attached hydrogens (tertiary/aromatic N) is 2. The third-order valence-electron chi connectivity index (χ3n) is 3.52. The van der Waals surface area contributed by atoms with Gasteiger partial charge in [-0.1, -0.05) is 6.92 Å². The van der Waals surface area contributed by atoms with E-state index in [4.69, 9.17) is 11.1 Å². The van der Waals surface area contributed by atoms with E-state index in [1.807, 2.05) is 12.3 Å². The van der Waals surface area contributed by atoms with Gasteiger partial charge < -0.3 is 10.6 Å². The van der Waals surface area contributed by atoms with Crippen molar-refractivity contribution in [2.45, 2.75) is 32.7 Å². The van der Waals surface area contributed by atoms with Crippen molar-refractivity contribution in [2.75, 3.05) is 11.4 Å². The second kappa shape index (κ2) is 4.73. The Morgan fingerprint density at radius 1 is 1.47 bits per heavy atom. The first-order chi connectivity index (χ1) is 8.09. The van der Waals surface area contributed by atoms with Gasteiger partial charge in [0, 0.05) is 24.3 Å². The van der Waals surface area contributed by atoms with Crippen LogP contribution in [0, 0.1) is 11.3 Å². The number of aromatic nitrogens is 1. The molecule has 4 heteroatoms. The normalized spacial score (nSPS) is 24.7. The zero-order valence-corrected chi connectivity index (χ0v) is 10.5. The summed E-state index contributed by atoms with van der Waals surface area (Å²) < 4.78 is 0. The average molecular weight is 232 g/mol. The van der Waals surface area contributed by atoms with Crippen LogP contribution in [0.25, 0.3) is 0 Å². The molecular formula is C13H20N4. The molecule has 2 rings (SSSR count). The lowest BCUT2D eigenvalue weighted by Gasteiger charge is -2.39. The zero-order chi connectivity index (χ0) is 12.4. The van der Waals surface area contributed by atoms with E-state index in [2.05, 4.69) is 23.7 Å². The third kappa shape index (κ3) is 2.40. The largest absolute Gasteiger partial charge is 0.384 e. The van der Waals surface area contributed by atoms with Crippen molar-refractivity contribution in [1.82, 2.24) is 4.98 Å². The quantitative estimate of drug-likeness (QED) is 0.605. The molecule has 0 amide bonds. The van der Waals surface area contributed by atoms with Gasteiger partial charge in [0.2, 0.25) is 0 Å². The summed E-state index contributed by atoms with van der Waals surface area (Å²) in [7, 11) is 0. The van der Waals surface area contributed by atoms with Gasteiger partial charge in [0.05, 0.1) is 11.9 Å². The Kier molecular flexibility index (Phi) is 3.31. The molecule has 1 aromatic heterocycles. The van der Waals surface area contributed by atoms with Gasteiger partial charge >= 0.3 is 0 Å². The monoisotopic (exact) mass is 232 g/mol. The average Bonchev–Trinajstić information content (AvgIpc) is 2.32. The summed E-state index contributed by atoms with van der Waals surface area (Å²) in [6.45, 7) is 5.51. The van der Waals surface area contributed by atoms with E-state index in [1.54, 1.807) is 6.20 Å². The fraction of sp³-hybridized carbons (Fsp3) is 0.538. The Bertz CT molecular complexity index is 416. The van der Waals surface area contributed by atoms with E-state index in [0.717, 1.165) is 17.8 Å². The fourth-order valence-corrected chi connectivity index (χ4v) is 2.47. The number of anilines is 1. The minimum Gasteiger partial charge on any atom is -0.384 e. The van der Waals surface area contributed by atoms with Crippen molar-refractivity contribution in [3.05, 3.63) is 24.0 Å². The van der Waals surface area contributed by atoms with Gasteiger partial charge in [0.1, 0.15) is 5.84 Å². The highest BCUT2D eigenvalue weighted by atomic mass is 15.2. The number of nitrogens with two attached hydrogens (primary N) is 1. The smallest absolute Gasteiger partial charge is 0.125 e. The van der Waals surface area contributed by atoms with E-state index >= 15 is 0 Å². The van der Waals surface area contributed by atoms with Crippen LogP contribution in [0.1, 0.15) is 32.3 Å². The van der Waals surface area contributed by atoms with E-state index in [1.165, 1.54) is 12.8 Å². The highest BCUT2D eigenvalue weighted by Crippen LogP contribution is 2.29. The number of nitrogen functional groups attached to an aromatic ring is 1. The van der Waals surface area contributed by atoms with E-state index in [0.29, 0.717) is 12.0 Å². The molecule has 4 nitrogen and oxygen atoms in total. The molecule has 3 N–H and O–H groups in total. The Morgan fingerprint density at radius 3 is 2.94 bits per heavy atom. The number of piperidine rings is 1. The number of hydrogen-bond donors (Lipinski definition) is 2. The molecule has 1 aromatic rings.